The highest BCUT2D eigenvalue weighted by Gasteiger charge is 2.17. The van der Waals surface area contributed by atoms with Crippen molar-refractivity contribution in [1.82, 2.24) is 24.6 Å². The molecular formula is C27H26N6O2. The molecule has 0 aliphatic heterocycles. The maximum absolute atomic E-state index is 5.32. The molecule has 0 atom stereocenters. The largest absolute Gasteiger partial charge is 0.497 e. The summed E-state index contributed by atoms with van der Waals surface area (Å²) >= 11 is 0. The maximum Gasteiger partial charge on any atom is 0.198 e. The first kappa shape index (κ1) is 22.3. The zero-order valence-corrected chi connectivity index (χ0v) is 19.7. The Morgan fingerprint density at radius 1 is 0.771 bits per heavy atom. The number of ether oxygens (including phenoxy) is 2. The van der Waals surface area contributed by atoms with E-state index >= 15 is 0 Å². The van der Waals surface area contributed by atoms with E-state index in [2.05, 4.69) is 39.2 Å². The number of hydrogen-bond donors (Lipinski definition) is 0. The monoisotopic (exact) mass is 466 g/mol. The van der Waals surface area contributed by atoms with Crippen LogP contribution >= 0.6 is 0 Å². The summed E-state index contributed by atoms with van der Waals surface area (Å²) in [4.78, 5) is 16.2. The van der Waals surface area contributed by atoms with Crippen molar-refractivity contribution in [3.05, 3.63) is 108 Å². The molecule has 8 nitrogen and oxygen atoms in total. The Bertz CT molecular complexity index is 1340. The molecule has 0 saturated carbocycles. The third-order valence-electron chi connectivity index (χ3n) is 5.71. The van der Waals surface area contributed by atoms with Crippen LogP contribution < -0.4 is 14.4 Å². The topological polar surface area (TPSA) is 77.7 Å². The minimum Gasteiger partial charge on any atom is -0.497 e. The molecule has 176 valence electrons. The molecule has 5 aromatic rings. The van der Waals surface area contributed by atoms with Gasteiger partial charge in [0, 0.05) is 37.4 Å². The molecule has 0 radical (unpaired) electrons. The minimum absolute atomic E-state index is 0.554. The molecule has 0 saturated heterocycles. The van der Waals surface area contributed by atoms with Crippen molar-refractivity contribution in [2.24, 2.45) is 0 Å². The van der Waals surface area contributed by atoms with Crippen molar-refractivity contribution in [3.63, 3.8) is 0 Å². The Balaban J connectivity index is 1.50. The van der Waals surface area contributed by atoms with E-state index in [-0.39, 0.29) is 0 Å². The number of benzene rings is 2. The summed E-state index contributed by atoms with van der Waals surface area (Å²) in [6.07, 6.45) is 5.92. The van der Waals surface area contributed by atoms with Crippen molar-refractivity contribution in [3.8, 4) is 11.5 Å². The van der Waals surface area contributed by atoms with E-state index < -0.39 is 0 Å². The van der Waals surface area contributed by atoms with Gasteiger partial charge in [0.05, 0.1) is 20.6 Å². The number of nitrogens with zero attached hydrogens (tertiary/aromatic N) is 6. The fourth-order valence-corrected chi connectivity index (χ4v) is 3.92. The predicted octanol–water partition coefficient (Wildman–Crippen LogP) is 4.33. The summed E-state index contributed by atoms with van der Waals surface area (Å²) < 4.78 is 12.4. The van der Waals surface area contributed by atoms with E-state index in [1.54, 1.807) is 31.1 Å². The number of anilines is 1. The second-order valence-electron chi connectivity index (χ2n) is 8.10. The molecule has 2 aromatic carbocycles. The van der Waals surface area contributed by atoms with Crippen LogP contribution in [-0.2, 0) is 19.5 Å². The molecule has 0 amide bonds. The van der Waals surface area contributed by atoms with Gasteiger partial charge in [-0.2, -0.15) is 5.10 Å². The van der Waals surface area contributed by atoms with E-state index in [0.29, 0.717) is 31.0 Å². The Morgan fingerprint density at radius 3 is 2.00 bits per heavy atom. The molecule has 3 heterocycles. The van der Waals surface area contributed by atoms with Crippen LogP contribution in [0.25, 0.3) is 5.65 Å². The number of pyridine rings is 1. The van der Waals surface area contributed by atoms with Gasteiger partial charge < -0.3 is 14.4 Å². The summed E-state index contributed by atoms with van der Waals surface area (Å²) in [5.74, 6) is 3.12. The van der Waals surface area contributed by atoms with Gasteiger partial charge in [-0.25, -0.2) is 14.5 Å². The van der Waals surface area contributed by atoms with Crippen LogP contribution in [-0.4, -0.2) is 38.8 Å². The summed E-state index contributed by atoms with van der Waals surface area (Å²) in [6.45, 7) is 1.29. The fourth-order valence-electron chi connectivity index (χ4n) is 3.92. The summed E-state index contributed by atoms with van der Waals surface area (Å²) in [5.41, 5.74) is 3.90. The van der Waals surface area contributed by atoms with Crippen LogP contribution in [0.3, 0.4) is 0 Å². The second kappa shape index (κ2) is 10.2. The van der Waals surface area contributed by atoms with Crippen LogP contribution in [0, 0.1) is 0 Å². The lowest BCUT2D eigenvalue weighted by Crippen LogP contribution is -2.24. The third kappa shape index (κ3) is 5.22. The number of hydrogen-bond acceptors (Lipinski definition) is 7. The van der Waals surface area contributed by atoms with Crippen molar-refractivity contribution in [1.29, 1.82) is 0 Å². The van der Waals surface area contributed by atoms with Crippen molar-refractivity contribution in [2.45, 2.75) is 19.5 Å². The number of methoxy groups -OCH3 is 2. The highest BCUT2D eigenvalue weighted by Crippen LogP contribution is 2.24. The Kier molecular flexibility index (Phi) is 6.52. The smallest absolute Gasteiger partial charge is 0.198 e. The van der Waals surface area contributed by atoms with Crippen LogP contribution in [0.5, 0.6) is 11.5 Å². The highest BCUT2D eigenvalue weighted by molar-refractivity contribution is 5.64. The molecule has 8 heteroatoms. The third-order valence-corrected chi connectivity index (χ3v) is 5.71. The average molecular weight is 467 g/mol. The molecule has 3 aromatic heterocycles. The summed E-state index contributed by atoms with van der Waals surface area (Å²) in [7, 11) is 3.34. The van der Waals surface area contributed by atoms with Crippen LogP contribution in [0.1, 0.15) is 22.6 Å². The zero-order chi connectivity index (χ0) is 24.0. The molecule has 0 bridgehead atoms. The maximum atomic E-state index is 5.32. The Morgan fingerprint density at radius 2 is 1.43 bits per heavy atom. The van der Waals surface area contributed by atoms with E-state index in [9.17, 15) is 0 Å². The lowest BCUT2D eigenvalue weighted by molar-refractivity contribution is 0.414. The molecule has 0 aliphatic carbocycles. The minimum atomic E-state index is 0.554. The average Bonchev–Trinajstić information content (AvgIpc) is 3.32. The van der Waals surface area contributed by atoms with E-state index in [1.807, 2.05) is 48.7 Å². The SMILES string of the molecule is COc1ccc(CN(Cc2ccc(OC)cc2)c2nccn3nc(Cc4ccccn4)nc23)cc1. The molecule has 0 spiro atoms. The summed E-state index contributed by atoms with van der Waals surface area (Å²) in [6, 6.07) is 22.0. The zero-order valence-electron chi connectivity index (χ0n) is 19.7. The number of rotatable bonds is 9. The predicted molar refractivity (Wildman–Crippen MR) is 134 cm³/mol. The molecule has 0 fully saturated rings. The van der Waals surface area contributed by atoms with Gasteiger partial charge in [0.2, 0.25) is 0 Å². The Labute approximate surface area is 203 Å². The quantitative estimate of drug-likeness (QED) is 0.320. The van der Waals surface area contributed by atoms with Gasteiger partial charge in [0.25, 0.3) is 0 Å². The van der Waals surface area contributed by atoms with Gasteiger partial charge in [0.1, 0.15) is 11.5 Å². The number of aromatic nitrogens is 5. The molecule has 35 heavy (non-hydrogen) atoms. The first-order chi connectivity index (χ1) is 17.2. The second-order valence-corrected chi connectivity index (χ2v) is 8.10. The van der Waals surface area contributed by atoms with Crippen LogP contribution in [0.4, 0.5) is 5.82 Å². The molecular weight excluding hydrogens is 440 g/mol. The highest BCUT2D eigenvalue weighted by atomic mass is 16.5. The van der Waals surface area contributed by atoms with Crippen LogP contribution in [0.2, 0.25) is 0 Å². The van der Waals surface area contributed by atoms with Crippen molar-refractivity contribution in [2.75, 3.05) is 19.1 Å². The van der Waals surface area contributed by atoms with Gasteiger partial charge in [-0.05, 0) is 47.5 Å². The van der Waals surface area contributed by atoms with Crippen molar-refractivity contribution >= 4 is 11.5 Å². The molecule has 0 N–H and O–H groups in total. The van der Waals surface area contributed by atoms with Gasteiger partial charge in [-0.15, -0.1) is 0 Å². The van der Waals surface area contributed by atoms with E-state index in [1.165, 1.54) is 0 Å². The van der Waals surface area contributed by atoms with E-state index in [0.717, 1.165) is 34.1 Å². The first-order valence-electron chi connectivity index (χ1n) is 11.3. The van der Waals surface area contributed by atoms with E-state index in [4.69, 9.17) is 19.4 Å². The molecule has 0 unspecified atom stereocenters. The first-order valence-corrected chi connectivity index (χ1v) is 11.3. The lowest BCUT2D eigenvalue weighted by Gasteiger charge is -2.24. The Hall–Kier alpha value is -4.46. The molecule has 5 rings (SSSR count). The summed E-state index contributed by atoms with van der Waals surface area (Å²) in [5, 5.41) is 4.68. The van der Waals surface area contributed by atoms with Crippen LogP contribution in [0.15, 0.2) is 85.3 Å². The molecule has 0 aliphatic rings. The number of fused-ring (bicyclic) bond motifs is 1. The van der Waals surface area contributed by atoms with Crippen molar-refractivity contribution < 1.29 is 9.47 Å². The lowest BCUT2D eigenvalue weighted by atomic mass is 10.1. The standard InChI is InChI=1S/C27H26N6O2/c1-34-23-10-6-20(7-11-23)18-32(19-21-8-12-24(35-2)13-9-21)26-27-30-25(31-33(27)16-15-29-26)17-22-5-3-4-14-28-22/h3-16H,17-19H2,1-2H3. The fraction of sp³-hybridized carbons (Fsp3) is 0.185. The normalized spacial score (nSPS) is 10.9. The van der Waals surface area contributed by atoms with Gasteiger partial charge in [-0.1, -0.05) is 30.3 Å². The van der Waals surface area contributed by atoms with Gasteiger partial charge in [0.15, 0.2) is 17.3 Å². The van der Waals surface area contributed by atoms with Gasteiger partial charge in [-0.3, -0.25) is 4.98 Å². The van der Waals surface area contributed by atoms with Gasteiger partial charge >= 0.3 is 0 Å².